The Labute approximate surface area is 214 Å². The van der Waals surface area contributed by atoms with Crippen LogP contribution in [0.2, 0.25) is 0 Å². The number of aryl methyl sites for hydroxylation is 1. The Hall–Kier alpha value is -4.00. The van der Waals surface area contributed by atoms with Gasteiger partial charge in [-0.2, -0.15) is 0 Å². The van der Waals surface area contributed by atoms with Crippen molar-refractivity contribution in [2.75, 3.05) is 23.5 Å². The summed E-state index contributed by atoms with van der Waals surface area (Å²) in [6, 6.07) is 10.1. The fraction of sp³-hybridized carbons (Fsp3) is 0.360. The molecule has 0 saturated carbocycles. The van der Waals surface area contributed by atoms with Gasteiger partial charge in [0.25, 0.3) is 11.9 Å². The average Bonchev–Trinajstić information content (AvgIpc) is 3.11. The van der Waals surface area contributed by atoms with Crippen molar-refractivity contribution in [1.29, 1.82) is 0 Å². The SMILES string of the molecule is Cc1ccc(CN2c3c(n(C)c(=O)n(CCCO)c3=O)N(C)C2Oc2ccc(F)c(OC(F)(F)F)c2)cc1. The third kappa shape index (κ3) is 5.32. The molecule has 0 bridgehead atoms. The van der Waals surface area contributed by atoms with Gasteiger partial charge in [0, 0.05) is 39.9 Å². The second kappa shape index (κ2) is 10.4. The lowest BCUT2D eigenvalue weighted by atomic mass is 10.1. The molecule has 0 radical (unpaired) electrons. The summed E-state index contributed by atoms with van der Waals surface area (Å²) in [5.74, 6) is -2.23. The average molecular weight is 538 g/mol. The molecule has 0 saturated heterocycles. The number of hydrogen-bond donors (Lipinski definition) is 1. The van der Waals surface area contributed by atoms with Gasteiger partial charge < -0.3 is 24.4 Å². The van der Waals surface area contributed by atoms with Crippen LogP contribution in [-0.2, 0) is 20.1 Å². The maximum atomic E-state index is 14.0. The lowest BCUT2D eigenvalue weighted by molar-refractivity contribution is -0.275. The highest BCUT2D eigenvalue weighted by molar-refractivity contribution is 5.73. The van der Waals surface area contributed by atoms with E-state index in [-0.39, 0.29) is 43.4 Å². The van der Waals surface area contributed by atoms with E-state index in [1.54, 1.807) is 11.9 Å². The largest absolute Gasteiger partial charge is 0.573 e. The summed E-state index contributed by atoms with van der Waals surface area (Å²) in [7, 11) is 3.04. The highest BCUT2D eigenvalue weighted by Gasteiger charge is 2.41. The van der Waals surface area contributed by atoms with Crippen LogP contribution in [0.15, 0.2) is 52.1 Å². The Bertz CT molecular complexity index is 1440. The molecule has 13 heteroatoms. The standard InChI is InChI=1S/C25H26F4N4O5/c1-15-5-7-16(8-6-15)14-33-20-21(30(2)23(36)32(22(20)35)11-4-12-34)31(3)24(33)37-17-9-10-18(26)19(13-17)38-25(27,28)29/h5-10,13,24,34H,4,11-12,14H2,1-3H3. The number of benzene rings is 2. The minimum absolute atomic E-state index is 0.0149. The fourth-order valence-electron chi connectivity index (χ4n) is 4.32. The molecule has 1 aliphatic rings. The molecule has 0 aliphatic carbocycles. The van der Waals surface area contributed by atoms with E-state index >= 15 is 0 Å². The molecule has 38 heavy (non-hydrogen) atoms. The van der Waals surface area contributed by atoms with E-state index in [0.29, 0.717) is 0 Å². The van der Waals surface area contributed by atoms with Gasteiger partial charge in [-0.25, -0.2) is 9.18 Å². The summed E-state index contributed by atoms with van der Waals surface area (Å²) in [5.41, 5.74) is 0.722. The molecule has 2 heterocycles. The number of nitrogens with zero attached hydrogens (tertiary/aromatic N) is 4. The third-order valence-corrected chi connectivity index (χ3v) is 6.10. The van der Waals surface area contributed by atoms with Crippen LogP contribution in [-0.4, -0.2) is 40.6 Å². The molecule has 4 rings (SSSR count). The van der Waals surface area contributed by atoms with Gasteiger partial charge >= 0.3 is 12.1 Å². The molecule has 0 fully saturated rings. The summed E-state index contributed by atoms with van der Waals surface area (Å²) in [4.78, 5) is 29.6. The van der Waals surface area contributed by atoms with Crippen molar-refractivity contribution < 1.29 is 32.1 Å². The highest BCUT2D eigenvalue weighted by Crippen LogP contribution is 2.38. The second-order valence-corrected chi connectivity index (χ2v) is 8.86. The van der Waals surface area contributed by atoms with E-state index < -0.39 is 35.5 Å². The molecule has 2 aromatic carbocycles. The van der Waals surface area contributed by atoms with Crippen LogP contribution in [0.5, 0.6) is 11.5 Å². The molecule has 3 aromatic rings. The fourth-order valence-corrected chi connectivity index (χ4v) is 4.32. The topological polar surface area (TPSA) is 89.2 Å². The molecule has 204 valence electrons. The zero-order valence-corrected chi connectivity index (χ0v) is 20.8. The monoisotopic (exact) mass is 538 g/mol. The number of anilines is 2. The summed E-state index contributed by atoms with van der Waals surface area (Å²) in [6.45, 7) is 1.82. The number of aliphatic hydroxyl groups is 1. The molecular weight excluding hydrogens is 512 g/mol. The smallest absolute Gasteiger partial charge is 0.452 e. The molecule has 1 aliphatic heterocycles. The first-order chi connectivity index (χ1) is 17.9. The number of rotatable bonds is 8. The predicted octanol–water partition coefficient (Wildman–Crippen LogP) is 3.09. The van der Waals surface area contributed by atoms with Gasteiger partial charge in [0.05, 0.1) is 0 Å². The Morgan fingerprint density at radius 1 is 1.05 bits per heavy atom. The first kappa shape index (κ1) is 27.0. The van der Waals surface area contributed by atoms with Crippen LogP contribution in [0.1, 0.15) is 17.5 Å². The number of alkyl halides is 3. The van der Waals surface area contributed by atoms with Gasteiger partial charge in [0.2, 0.25) is 0 Å². The third-order valence-electron chi connectivity index (χ3n) is 6.10. The van der Waals surface area contributed by atoms with Gasteiger partial charge in [-0.05, 0) is 31.0 Å². The van der Waals surface area contributed by atoms with Crippen LogP contribution < -0.4 is 30.5 Å². The van der Waals surface area contributed by atoms with Gasteiger partial charge in [0.15, 0.2) is 11.6 Å². The molecule has 1 N–H and O–H groups in total. The van der Waals surface area contributed by atoms with E-state index in [4.69, 9.17) is 4.74 Å². The van der Waals surface area contributed by atoms with Crippen molar-refractivity contribution in [3.63, 3.8) is 0 Å². The van der Waals surface area contributed by atoms with Gasteiger partial charge in [-0.1, -0.05) is 29.8 Å². The van der Waals surface area contributed by atoms with Crippen LogP contribution >= 0.6 is 0 Å². The van der Waals surface area contributed by atoms with Crippen molar-refractivity contribution in [3.05, 3.63) is 80.2 Å². The number of hydrogen-bond acceptors (Lipinski definition) is 7. The van der Waals surface area contributed by atoms with Gasteiger partial charge in [-0.3, -0.25) is 13.9 Å². The summed E-state index contributed by atoms with van der Waals surface area (Å²) < 4.78 is 64.3. The number of ether oxygens (including phenoxy) is 2. The Kier molecular flexibility index (Phi) is 7.40. The van der Waals surface area contributed by atoms with Crippen LogP contribution in [0.4, 0.5) is 29.1 Å². The normalized spacial score (nSPS) is 15.1. The maximum absolute atomic E-state index is 14.0. The van der Waals surface area contributed by atoms with E-state index in [1.807, 2.05) is 31.2 Å². The van der Waals surface area contributed by atoms with Crippen molar-refractivity contribution in [2.24, 2.45) is 7.05 Å². The molecule has 1 unspecified atom stereocenters. The molecule has 0 amide bonds. The minimum atomic E-state index is -5.12. The van der Waals surface area contributed by atoms with Crippen molar-refractivity contribution in [2.45, 2.75) is 39.1 Å². The first-order valence-electron chi connectivity index (χ1n) is 11.6. The number of halogens is 4. The van der Waals surface area contributed by atoms with Crippen LogP contribution in [0.3, 0.4) is 0 Å². The van der Waals surface area contributed by atoms with E-state index in [2.05, 4.69) is 4.74 Å². The Morgan fingerprint density at radius 3 is 2.37 bits per heavy atom. The lowest BCUT2D eigenvalue weighted by Gasteiger charge is -2.30. The summed E-state index contributed by atoms with van der Waals surface area (Å²) >= 11 is 0. The number of aromatic nitrogens is 2. The van der Waals surface area contributed by atoms with Gasteiger partial charge in [0.1, 0.15) is 17.3 Å². The first-order valence-corrected chi connectivity index (χ1v) is 11.6. The summed E-state index contributed by atoms with van der Waals surface area (Å²) in [6.07, 6.45) is -6.03. The zero-order chi connectivity index (χ0) is 27.8. The predicted molar refractivity (Wildman–Crippen MR) is 131 cm³/mol. The number of aliphatic hydroxyl groups excluding tert-OH is 1. The maximum Gasteiger partial charge on any atom is 0.573 e. The van der Waals surface area contributed by atoms with Crippen LogP contribution in [0.25, 0.3) is 0 Å². The van der Waals surface area contributed by atoms with Crippen molar-refractivity contribution >= 4 is 11.5 Å². The van der Waals surface area contributed by atoms with E-state index in [1.165, 1.54) is 16.5 Å². The van der Waals surface area contributed by atoms with Gasteiger partial charge in [-0.15, -0.1) is 13.2 Å². The van der Waals surface area contributed by atoms with E-state index in [0.717, 1.165) is 33.9 Å². The Morgan fingerprint density at radius 2 is 1.74 bits per heavy atom. The molecule has 1 aromatic heterocycles. The van der Waals surface area contributed by atoms with Crippen molar-refractivity contribution in [1.82, 2.24) is 9.13 Å². The molecular formula is C25H26F4N4O5. The second-order valence-electron chi connectivity index (χ2n) is 8.86. The molecule has 0 spiro atoms. The van der Waals surface area contributed by atoms with Crippen LogP contribution in [0, 0.1) is 12.7 Å². The molecule has 1 atom stereocenters. The Balaban J connectivity index is 1.81. The molecule has 9 nitrogen and oxygen atoms in total. The highest BCUT2D eigenvalue weighted by atomic mass is 19.4. The van der Waals surface area contributed by atoms with E-state index in [9.17, 15) is 32.3 Å². The zero-order valence-electron chi connectivity index (χ0n) is 20.8. The summed E-state index contributed by atoms with van der Waals surface area (Å²) in [5, 5.41) is 9.23. The van der Waals surface area contributed by atoms with Crippen molar-refractivity contribution in [3.8, 4) is 11.5 Å². The quantitative estimate of drug-likeness (QED) is 0.441. The minimum Gasteiger partial charge on any atom is -0.452 e. The lowest BCUT2D eigenvalue weighted by Crippen LogP contribution is -2.46. The number of fused-ring (bicyclic) bond motifs is 1.